The highest BCUT2D eigenvalue weighted by molar-refractivity contribution is 7.80. The average molecular weight is 319 g/mol. The van der Waals surface area contributed by atoms with E-state index in [1.807, 2.05) is 10.8 Å². The summed E-state index contributed by atoms with van der Waals surface area (Å²) in [6, 6.07) is 6.85. The van der Waals surface area contributed by atoms with Crippen LogP contribution in [0.3, 0.4) is 0 Å². The fraction of sp³-hybridized carbons (Fsp3) is 0.267. The van der Waals surface area contributed by atoms with Crippen molar-refractivity contribution in [2.45, 2.75) is 13.5 Å². The summed E-state index contributed by atoms with van der Waals surface area (Å²) in [4.78, 5) is 15.5. The van der Waals surface area contributed by atoms with Gasteiger partial charge in [0.1, 0.15) is 6.61 Å². The molecule has 0 radical (unpaired) electrons. The second kappa shape index (κ2) is 8.14. The largest absolute Gasteiger partial charge is 0.469 e. The van der Waals surface area contributed by atoms with Crippen LogP contribution in [0, 0.1) is 0 Å². The summed E-state index contributed by atoms with van der Waals surface area (Å²) < 4.78 is 12.2. The first-order chi connectivity index (χ1) is 10.7. The maximum Gasteiger partial charge on any atom is 0.338 e. The average Bonchev–Trinajstić information content (AvgIpc) is 3.01. The molecule has 0 fully saturated rings. The highest BCUT2D eigenvalue weighted by atomic mass is 32.1. The predicted molar refractivity (Wildman–Crippen MR) is 86.8 cm³/mol. The van der Waals surface area contributed by atoms with Crippen molar-refractivity contribution in [1.82, 2.24) is 9.55 Å². The first-order valence-electron chi connectivity index (χ1n) is 6.85. The van der Waals surface area contributed by atoms with E-state index in [0.29, 0.717) is 25.3 Å². The van der Waals surface area contributed by atoms with Crippen molar-refractivity contribution < 1.29 is 14.3 Å². The van der Waals surface area contributed by atoms with Gasteiger partial charge in [-0.3, -0.25) is 0 Å². The van der Waals surface area contributed by atoms with Crippen LogP contribution in [0.1, 0.15) is 17.3 Å². The molecule has 0 amide bonds. The number of thiocarbonyl (C=S) groups is 1. The van der Waals surface area contributed by atoms with Crippen molar-refractivity contribution in [3.63, 3.8) is 0 Å². The molecule has 22 heavy (non-hydrogen) atoms. The molecule has 0 bridgehead atoms. The molecule has 0 aliphatic carbocycles. The van der Waals surface area contributed by atoms with Crippen molar-refractivity contribution in [2.75, 3.05) is 18.5 Å². The number of imidazole rings is 1. The topological polar surface area (TPSA) is 65.4 Å². The number of carbonyl (C=O) groups excluding carboxylic acids is 1. The number of ether oxygens (including phenoxy) is 2. The molecule has 0 atom stereocenters. The van der Waals surface area contributed by atoms with Gasteiger partial charge in [-0.05, 0) is 43.4 Å². The predicted octanol–water partition coefficient (Wildman–Crippen LogP) is 2.47. The number of rotatable bonds is 6. The Hall–Kier alpha value is -2.41. The molecule has 2 rings (SSSR count). The van der Waals surface area contributed by atoms with Crippen LogP contribution in [0.15, 0.2) is 43.0 Å². The monoisotopic (exact) mass is 319 g/mol. The van der Waals surface area contributed by atoms with Gasteiger partial charge in [0.25, 0.3) is 5.17 Å². The maximum atomic E-state index is 11.5. The van der Waals surface area contributed by atoms with E-state index >= 15 is 0 Å². The Morgan fingerprint density at radius 2 is 2.09 bits per heavy atom. The van der Waals surface area contributed by atoms with Crippen LogP contribution in [0.25, 0.3) is 0 Å². The van der Waals surface area contributed by atoms with Gasteiger partial charge in [0.2, 0.25) is 0 Å². The zero-order valence-corrected chi connectivity index (χ0v) is 13.0. The van der Waals surface area contributed by atoms with Crippen molar-refractivity contribution in [2.24, 2.45) is 0 Å². The lowest BCUT2D eigenvalue weighted by molar-refractivity contribution is 0.0526. The van der Waals surface area contributed by atoms with Gasteiger partial charge in [-0.1, -0.05) is 0 Å². The Labute approximate surface area is 134 Å². The summed E-state index contributed by atoms with van der Waals surface area (Å²) in [5.74, 6) is -0.340. The molecule has 0 aliphatic rings. The van der Waals surface area contributed by atoms with Crippen LogP contribution >= 0.6 is 12.2 Å². The minimum Gasteiger partial charge on any atom is -0.469 e. The number of hydrogen-bond donors (Lipinski definition) is 1. The highest BCUT2D eigenvalue weighted by Gasteiger charge is 2.06. The molecular weight excluding hydrogens is 302 g/mol. The molecule has 1 N–H and O–H groups in total. The molecule has 1 heterocycles. The van der Waals surface area contributed by atoms with E-state index in [-0.39, 0.29) is 11.1 Å². The van der Waals surface area contributed by atoms with Crippen molar-refractivity contribution in [1.29, 1.82) is 0 Å². The summed E-state index contributed by atoms with van der Waals surface area (Å²) in [5, 5.41) is 3.23. The lowest BCUT2D eigenvalue weighted by Crippen LogP contribution is -2.16. The van der Waals surface area contributed by atoms with E-state index in [9.17, 15) is 4.79 Å². The number of benzene rings is 1. The van der Waals surface area contributed by atoms with E-state index in [4.69, 9.17) is 21.7 Å². The summed E-state index contributed by atoms with van der Waals surface area (Å²) >= 11 is 5.11. The molecule has 116 valence electrons. The zero-order chi connectivity index (χ0) is 15.8. The molecule has 0 aliphatic heterocycles. The molecule has 0 unspecified atom stereocenters. The summed E-state index contributed by atoms with van der Waals surface area (Å²) in [7, 11) is 0. The molecular formula is C15H17N3O3S. The van der Waals surface area contributed by atoms with Gasteiger partial charge in [-0.25, -0.2) is 9.78 Å². The molecule has 0 spiro atoms. The van der Waals surface area contributed by atoms with Crippen molar-refractivity contribution >= 4 is 29.0 Å². The lowest BCUT2D eigenvalue weighted by atomic mass is 10.2. The zero-order valence-electron chi connectivity index (χ0n) is 12.2. The number of esters is 1. The SMILES string of the molecule is CCOC(=O)c1ccc(NC(=S)OCCn2ccnc2)cc1. The van der Waals surface area contributed by atoms with Crippen LogP contribution in [0.4, 0.5) is 5.69 Å². The summed E-state index contributed by atoms with van der Waals surface area (Å²) in [6.45, 7) is 3.24. The minimum atomic E-state index is -0.340. The minimum absolute atomic E-state index is 0.281. The van der Waals surface area contributed by atoms with E-state index in [2.05, 4.69) is 10.3 Å². The first kappa shape index (κ1) is 16.0. The number of aromatic nitrogens is 2. The molecule has 2 aromatic rings. The normalized spacial score (nSPS) is 10.0. The Kier molecular flexibility index (Phi) is 5.91. The Morgan fingerprint density at radius 1 is 1.32 bits per heavy atom. The van der Waals surface area contributed by atoms with Crippen LogP contribution in [-0.2, 0) is 16.0 Å². The van der Waals surface area contributed by atoms with Crippen LogP contribution in [0.2, 0.25) is 0 Å². The third-order valence-electron chi connectivity index (χ3n) is 2.78. The van der Waals surface area contributed by atoms with Crippen LogP contribution < -0.4 is 5.32 Å². The van der Waals surface area contributed by atoms with Crippen molar-refractivity contribution in [3.8, 4) is 0 Å². The Bertz CT molecular complexity index is 611. The third-order valence-corrected chi connectivity index (χ3v) is 3.00. The first-order valence-corrected chi connectivity index (χ1v) is 7.26. The Balaban J connectivity index is 1.77. The van der Waals surface area contributed by atoms with E-state index in [1.54, 1.807) is 43.7 Å². The second-order valence-electron chi connectivity index (χ2n) is 4.36. The fourth-order valence-corrected chi connectivity index (χ4v) is 1.92. The van der Waals surface area contributed by atoms with Gasteiger partial charge in [0.05, 0.1) is 25.0 Å². The van der Waals surface area contributed by atoms with Gasteiger partial charge >= 0.3 is 5.97 Å². The van der Waals surface area contributed by atoms with Gasteiger partial charge in [-0.2, -0.15) is 0 Å². The molecule has 6 nitrogen and oxygen atoms in total. The van der Waals surface area contributed by atoms with Crippen LogP contribution in [-0.4, -0.2) is 33.9 Å². The van der Waals surface area contributed by atoms with Crippen LogP contribution in [0.5, 0.6) is 0 Å². The molecule has 0 saturated heterocycles. The number of hydrogen-bond acceptors (Lipinski definition) is 5. The Morgan fingerprint density at radius 3 is 2.73 bits per heavy atom. The quantitative estimate of drug-likeness (QED) is 0.652. The van der Waals surface area contributed by atoms with Gasteiger partial charge in [0, 0.05) is 18.1 Å². The third kappa shape index (κ3) is 4.85. The number of anilines is 1. The lowest BCUT2D eigenvalue weighted by Gasteiger charge is -2.10. The van der Waals surface area contributed by atoms with Gasteiger partial charge in [-0.15, -0.1) is 0 Å². The maximum absolute atomic E-state index is 11.5. The number of carbonyl (C=O) groups is 1. The van der Waals surface area contributed by atoms with Gasteiger partial charge < -0.3 is 19.4 Å². The standard InChI is InChI=1S/C15H17N3O3S/c1-2-20-14(19)12-3-5-13(6-4-12)17-15(22)21-10-9-18-8-7-16-11-18/h3-8,11H,2,9-10H2,1H3,(H,17,22). The van der Waals surface area contributed by atoms with E-state index < -0.39 is 0 Å². The highest BCUT2D eigenvalue weighted by Crippen LogP contribution is 2.11. The summed E-state index contributed by atoms with van der Waals surface area (Å²) in [6.07, 6.45) is 5.28. The molecule has 7 heteroatoms. The van der Waals surface area contributed by atoms with Crippen molar-refractivity contribution in [3.05, 3.63) is 48.5 Å². The van der Waals surface area contributed by atoms with E-state index in [0.717, 1.165) is 5.69 Å². The smallest absolute Gasteiger partial charge is 0.338 e. The van der Waals surface area contributed by atoms with E-state index in [1.165, 1.54) is 0 Å². The van der Waals surface area contributed by atoms with Gasteiger partial charge in [0.15, 0.2) is 0 Å². The summed E-state index contributed by atoms with van der Waals surface area (Å²) in [5.41, 5.74) is 1.25. The molecule has 1 aromatic carbocycles. The molecule has 0 saturated carbocycles. The molecule has 1 aromatic heterocycles. The number of nitrogens with one attached hydrogen (secondary N) is 1. The second-order valence-corrected chi connectivity index (χ2v) is 4.73. The number of nitrogens with zero attached hydrogens (tertiary/aromatic N) is 2. The fourth-order valence-electron chi connectivity index (χ4n) is 1.72.